The van der Waals surface area contributed by atoms with Crippen molar-refractivity contribution in [3.8, 4) is 0 Å². The fraction of sp³-hybridized carbons (Fsp3) is 0.208. The van der Waals surface area contributed by atoms with Gasteiger partial charge in [-0.2, -0.15) is 0 Å². The van der Waals surface area contributed by atoms with E-state index < -0.39 is 15.9 Å². The minimum absolute atomic E-state index is 0.117. The third-order valence-electron chi connectivity index (χ3n) is 4.65. The average Bonchev–Trinajstić information content (AvgIpc) is 2.73. The van der Waals surface area contributed by atoms with Gasteiger partial charge in [0.2, 0.25) is 15.9 Å². The van der Waals surface area contributed by atoms with Crippen molar-refractivity contribution in [1.29, 1.82) is 0 Å². The van der Waals surface area contributed by atoms with Crippen molar-refractivity contribution in [3.63, 3.8) is 0 Å². The van der Waals surface area contributed by atoms with E-state index in [1.165, 1.54) is 16.1 Å². The number of hydrogen-bond acceptors (Lipinski definition) is 4. The SMILES string of the molecule is CC(C)c1ccccc1N(CC(=O)Nc1ccccc1Sc1ccccc1)S(C)(=O)=O. The van der Waals surface area contributed by atoms with Crippen LogP contribution in [0.3, 0.4) is 0 Å². The number of rotatable bonds is 8. The molecule has 0 fully saturated rings. The topological polar surface area (TPSA) is 66.5 Å². The van der Waals surface area contributed by atoms with E-state index in [4.69, 9.17) is 0 Å². The number of nitrogens with one attached hydrogen (secondary N) is 1. The van der Waals surface area contributed by atoms with Crippen molar-refractivity contribution in [3.05, 3.63) is 84.4 Å². The second-order valence-corrected chi connectivity index (χ2v) is 10.5. The molecule has 0 heterocycles. The van der Waals surface area contributed by atoms with Crippen molar-refractivity contribution in [2.24, 2.45) is 0 Å². The van der Waals surface area contributed by atoms with Crippen molar-refractivity contribution in [2.45, 2.75) is 29.6 Å². The number of hydrogen-bond donors (Lipinski definition) is 1. The first-order valence-corrected chi connectivity index (χ1v) is 12.6. The molecule has 0 aliphatic heterocycles. The van der Waals surface area contributed by atoms with Crippen LogP contribution in [0.4, 0.5) is 11.4 Å². The molecule has 5 nitrogen and oxygen atoms in total. The van der Waals surface area contributed by atoms with Gasteiger partial charge < -0.3 is 5.32 Å². The monoisotopic (exact) mass is 454 g/mol. The van der Waals surface area contributed by atoms with Crippen LogP contribution in [-0.4, -0.2) is 27.1 Å². The van der Waals surface area contributed by atoms with Gasteiger partial charge in [-0.25, -0.2) is 8.42 Å². The van der Waals surface area contributed by atoms with E-state index in [2.05, 4.69) is 5.32 Å². The molecule has 3 rings (SSSR count). The number of carbonyl (C=O) groups excluding carboxylic acids is 1. The van der Waals surface area contributed by atoms with Crippen molar-refractivity contribution >= 4 is 39.1 Å². The molecule has 1 N–H and O–H groups in total. The van der Waals surface area contributed by atoms with Gasteiger partial charge in [-0.05, 0) is 41.8 Å². The van der Waals surface area contributed by atoms with E-state index in [-0.39, 0.29) is 12.5 Å². The molecule has 1 amide bonds. The van der Waals surface area contributed by atoms with Crippen LogP contribution in [-0.2, 0) is 14.8 Å². The van der Waals surface area contributed by atoms with Gasteiger partial charge in [-0.15, -0.1) is 0 Å². The predicted octanol–water partition coefficient (Wildman–Crippen LogP) is 5.37. The zero-order valence-electron chi connectivity index (χ0n) is 17.8. The highest BCUT2D eigenvalue weighted by molar-refractivity contribution is 7.99. The second-order valence-electron chi connectivity index (χ2n) is 7.44. The summed E-state index contributed by atoms with van der Waals surface area (Å²) in [5, 5.41) is 2.89. The first-order chi connectivity index (χ1) is 14.8. The molecule has 0 saturated heterocycles. The number of sulfonamides is 1. The molecule has 7 heteroatoms. The minimum Gasteiger partial charge on any atom is -0.323 e. The van der Waals surface area contributed by atoms with Gasteiger partial charge in [0.25, 0.3) is 0 Å². The van der Waals surface area contributed by atoms with Gasteiger partial charge in [0.1, 0.15) is 6.54 Å². The van der Waals surface area contributed by atoms with Crippen LogP contribution >= 0.6 is 11.8 Å². The number of para-hydroxylation sites is 2. The lowest BCUT2D eigenvalue weighted by Gasteiger charge is -2.25. The summed E-state index contributed by atoms with van der Waals surface area (Å²) in [6.07, 6.45) is 1.12. The number of anilines is 2. The highest BCUT2D eigenvalue weighted by Gasteiger charge is 2.24. The normalized spacial score (nSPS) is 11.4. The molecule has 0 aromatic heterocycles. The summed E-state index contributed by atoms with van der Waals surface area (Å²) in [5.74, 6) is -0.281. The summed E-state index contributed by atoms with van der Waals surface area (Å²) in [7, 11) is -3.65. The zero-order chi connectivity index (χ0) is 22.4. The van der Waals surface area contributed by atoms with Crippen molar-refractivity contribution in [1.82, 2.24) is 0 Å². The van der Waals surface area contributed by atoms with Gasteiger partial charge in [-0.1, -0.05) is 74.1 Å². The summed E-state index contributed by atoms with van der Waals surface area (Å²) in [4.78, 5) is 14.8. The standard InChI is InChI=1S/C24H26N2O3S2/c1-18(2)20-13-7-9-15-22(20)26(31(3,28)29)17-24(27)25-21-14-8-10-16-23(21)30-19-11-5-4-6-12-19/h4-16,18H,17H2,1-3H3,(H,25,27). The third-order valence-corrected chi connectivity index (χ3v) is 6.86. The summed E-state index contributed by atoms with van der Waals surface area (Å²) in [6, 6.07) is 24.6. The molecular weight excluding hydrogens is 428 g/mol. The predicted molar refractivity (Wildman–Crippen MR) is 128 cm³/mol. The van der Waals surface area contributed by atoms with Crippen LogP contribution < -0.4 is 9.62 Å². The molecule has 0 saturated carbocycles. The largest absolute Gasteiger partial charge is 0.323 e. The molecule has 0 aliphatic carbocycles. The van der Waals surface area contributed by atoms with Crippen LogP contribution in [0.2, 0.25) is 0 Å². The van der Waals surface area contributed by atoms with Gasteiger partial charge in [0.15, 0.2) is 0 Å². The van der Waals surface area contributed by atoms with Crippen LogP contribution in [0.15, 0.2) is 88.7 Å². The summed E-state index contributed by atoms with van der Waals surface area (Å²) in [5.41, 5.74) is 2.05. The quantitative estimate of drug-likeness (QED) is 0.497. The molecular formula is C24H26N2O3S2. The Morgan fingerprint density at radius 2 is 1.55 bits per heavy atom. The Balaban J connectivity index is 1.84. The average molecular weight is 455 g/mol. The molecule has 0 radical (unpaired) electrons. The Bertz CT molecular complexity index is 1150. The molecule has 31 heavy (non-hydrogen) atoms. The fourth-order valence-corrected chi connectivity index (χ4v) is 4.98. The number of nitrogens with zero attached hydrogens (tertiary/aromatic N) is 1. The molecule has 3 aromatic carbocycles. The van der Waals surface area contributed by atoms with Gasteiger partial charge in [0, 0.05) is 9.79 Å². The smallest absolute Gasteiger partial charge is 0.245 e. The Hall–Kier alpha value is -2.77. The highest BCUT2D eigenvalue weighted by atomic mass is 32.2. The Morgan fingerprint density at radius 3 is 2.23 bits per heavy atom. The van der Waals surface area contributed by atoms with E-state index in [1.54, 1.807) is 12.1 Å². The lowest BCUT2D eigenvalue weighted by atomic mass is 10.0. The summed E-state index contributed by atoms with van der Waals surface area (Å²) >= 11 is 1.54. The molecule has 0 aliphatic rings. The summed E-state index contributed by atoms with van der Waals surface area (Å²) < 4.78 is 26.3. The maximum atomic E-state index is 12.9. The lowest BCUT2D eigenvalue weighted by molar-refractivity contribution is -0.114. The Labute approximate surface area is 188 Å². The zero-order valence-corrected chi connectivity index (χ0v) is 19.4. The Morgan fingerprint density at radius 1 is 0.935 bits per heavy atom. The molecule has 0 atom stereocenters. The van der Waals surface area contributed by atoms with E-state index in [1.807, 2.05) is 80.6 Å². The van der Waals surface area contributed by atoms with E-state index in [0.717, 1.165) is 21.6 Å². The number of carbonyl (C=O) groups is 1. The molecule has 0 unspecified atom stereocenters. The van der Waals surface area contributed by atoms with E-state index >= 15 is 0 Å². The number of benzene rings is 3. The summed E-state index contributed by atoms with van der Waals surface area (Å²) in [6.45, 7) is 3.69. The van der Waals surface area contributed by atoms with E-state index in [0.29, 0.717) is 11.4 Å². The van der Waals surface area contributed by atoms with Crippen LogP contribution in [0.1, 0.15) is 25.3 Å². The van der Waals surface area contributed by atoms with Gasteiger partial charge in [-0.3, -0.25) is 9.10 Å². The minimum atomic E-state index is -3.65. The molecule has 3 aromatic rings. The third kappa shape index (κ3) is 6.12. The molecule has 0 spiro atoms. The van der Waals surface area contributed by atoms with Crippen LogP contribution in [0.25, 0.3) is 0 Å². The maximum absolute atomic E-state index is 12.9. The number of amides is 1. The van der Waals surface area contributed by atoms with Crippen molar-refractivity contribution in [2.75, 3.05) is 22.4 Å². The Kier molecular flexibility index (Phi) is 7.41. The fourth-order valence-electron chi connectivity index (χ4n) is 3.18. The van der Waals surface area contributed by atoms with E-state index in [9.17, 15) is 13.2 Å². The van der Waals surface area contributed by atoms with Crippen molar-refractivity contribution < 1.29 is 13.2 Å². The molecule has 162 valence electrons. The highest BCUT2D eigenvalue weighted by Crippen LogP contribution is 2.33. The molecule has 0 bridgehead atoms. The first kappa shape index (κ1) is 22.9. The first-order valence-electron chi connectivity index (χ1n) is 9.94. The van der Waals surface area contributed by atoms with Crippen LogP contribution in [0.5, 0.6) is 0 Å². The second kappa shape index (κ2) is 10.0. The van der Waals surface area contributed by atoms with Gasteiger partial charge >= 0.3 is 0 Å². The maximum Gasteiger partial charge on any atom is 0.245 e. The van der Waals surface area contributed by atoms with Crippen LogP contribution in [0, 0.1) is 0 Å². The lowest BCUT2D eigenvalue weighted by Crippen LogP contribution is -2.38. The van der Waals surface area contributed by atoms with Gasteiger partial charge in [0.05, 0.1) is 17.6 Å².